The van der Waals surface area contributed by atoms with Crippen molar-refractivity contribution < 1.29 is 14.3 Å². The molecule has 1 aromatic rings. The highest BCUT2D eigenvalue weighted by atomic mass is 35.5. The van der Waals surface area contributed by atoms with Gasteiger partial charge in [0.2, 0.25) is 0 Å². The van der Waals surface area contributed by atoms with Crippen molar-refractivity contribution in [3.63, 3.8) is 0 Å². The van der Waals surface area contributed by atoms with Gasteiger partial charge < -0.3 is 14.4 Å². The third kappa shape index (κ3) is 4.20. The van der Waals surface area contributed by atoms with E-state index in [2.05, 4.69) is 4.90 Å². The Balaban J connectivity index is 2.72. The monoisotopic (exact) mass is 271 g/mol. The van der Waals surface area contributed by atoms with Gasteiger partial charge in [0.15, 0.2) is 11.5 Å². The lowest BCUT2D eigenvalue weighted by atomic mass is 10.2. The second kappa shape index (κ2) is 7.24. The van der Waals surface area contributed by atoms with Crippen molar-refractivity contribution in [3.05, 3.63) is 22.7 Å². The first-order valence-electron chi connectivity index (χ1n) is 5.68. The number of hydrogen-bond acceptors (Lipinski definition) is 4. The van der Waals surface area contributed by atoms with Gasteiger partial charge in [0.25, 0.3) is 0 Å². The molecular weight excluding hydrogens is 254 g/mol. The Morgan fingerprint density at radius 2 is 2.11 bits per heavy atom. The van der Waals surface area contributed by atoms with Crippen LogP contribution in [-0.4, -0.2) is 45.5 Å². The summed E-state index contributed by atoms with van der Waals surface area (Å²) in [6, 6.07) is 3.18. The molecular formula is C13H18ClNO3. The molecule has 0 heterocycles. The summed E-state index contributed by atoms with van der Waals surface area (Å²) >= 11 is 6.06. The van der Waals surface area contributed by atoms with Gasteiger partial charge in [0, 0.05) is 12.1 Å². The molecule has 0 unspecified atom stereocenters. The van der Waals surface area contributed by atoms with Gasteiger partial charge in [0.1, 0.15) is 6.29 Å². The highest BCUT2D eigenvalue weighted by Gasteiger charge is 2.11. The Labute approximate surface area is 112 Å². The van der Waals surface area contributed by atoms with E-state index >= 15 is 0 Å². The van der Waals surface area contributed by atoms with E-state index in [1.165, 1.54) is 7.11 Å². The molecule has 0 amide bonds. The number of ether oxygens (including phenoxy) is 2. The van der Waals surface area contributed by atoms with Gasteiger partial charge >= 0.3 is 0 Å². The van der Waals surface area contributed by atoms with Crippen LogP contribution in [0.5, 0.6) is 11.5 Å². The maximum Gasteiger partial charge on any atom is 0.179 e. The van der Waals surface area contributed by atoms with E-state index in [1.54, 1.807) is 12.1 Å². The SMILES string of the molecule is COc1cc(C=O)cc(Cl)c1OCCCN(C)C. The summed E-state index contributed by atoms with van der Waals surface area (Å²) in [5, 5.41) is 0.390. The molecule has 0 aliphatic carbocycles. The summed E-state index contributed by atoms with van der Waals surface area (Å²) in [5.74, 6) is 0.970. The van der Waals surface area contributed by atoms with Crippen LogP contribution in [0.2, 0.25) is 5.02 Å². The molecule has 1 aromatic carbocycles. The minimum atomic E-state index is 0.390. The molecule has 0 aromatic heterocycles. The first kappa shape index (κ1) is 14.8. The molecule has 0 spiro atoms. The third-order valence-electron chi connectivity index (χ3n) is 2.38. The fourth-order valence-corrected chi connectivity index (χ4v) is 1.78. The molecule has 0 atom stereocenters. The van der Waals surface area contributed by atoms with Gasteiger partial charge in [-0.05, 0) is 32.6 Å². The molecule has 0 aliphatic heterocycles. The van der Waals surface area contributed by atoms with E-state index in [0.717, 1.165) is 19.3 Å². The predicted molar refractivity (Wildman–Crippen MR) is 72.1 cm³/mol. The number of benzene rings is 1. The standard InChI is InChI=1S/C13H18ClNO3/c1-15(2)5-4-6-18-13-11(14)7-10(9-16)8-12(13)17-3/h7-9H,4-6H2,1-3H3. The van der Waals surface area contributed by atoms with Crippen LogP contribution < -0.4 is 9.47 Å². The second-order valence-electron chi connectivity index (χ2n) is 4.16. The predicted octanol–water partition coefficient (Wildman–Crippen LogP) is 2.49. The summed E-state index contributed by atoms with van der Waals surface area (Å²) in [6.45, 7) is 1.49. The van der Waals surface area contributed by atoms with Crippen molar-refractivity contribution >= 4 is 17.9 Å². The zero-order valence-electron chi connectivity index (χ0n) is 10.9. The van der Waals surface area contributed by atoms with Crippen molar-refractivity contribution in [2.45, 2.75) is 6.42 Å². The Bertz CT molecular complexity index is 407. The highest BCUT2D eigenvalue weighted by Crippen LogP contribution is 2.36. The van der Waals surface area contributed by atoms with Gasteiger partial charge in [-0.3, -0.25) is 4.79 Å². The molecule has 0 aliphatic rings. The molecule has 0 bridgehead atoms. The Hall–Kier alpha value is -1.26. The van der Waals surface area contributed by atoms with Crippen LogP contribution in [0.1, 0.15) is 16.8 Å². The lowest BCUT2D eigenvalue weighted by molar-refractivity contribution is 0.112. The summed E-state index contributed by atoms with van der Waals surface area (Å²) in [6.07, 6.45) is 1.62. The third-order valence-corrected chi connectivity index (χ3v) is 2.66. The van der Waals surface area contributed by atoms with Gasteiger partial charge in [-0.1, -0.05) is 11.6 Å². The molecule has 100 valence electrons. The van der Waals surface area contributed by atoms with Gasteiger partial charge in [0.05, 0.1) is 18.7 Å². The van der Waals surface area contributed by atoms with Crippen LogP contribution in [0.4, 0.5) is 0 Å². The summed E-state index contributed by atoms with van der Waals surface area (Å²) < 4.78 is 10.8. The largest absolute Gasteiger partial charge is 0.493 e. The average Bonchev–Trinajstić information content (AvgIpc) is 2.34. The van der Waals surface area contributed by atoms with Crippen LogP contribution in [-0.2, 0) is 0 Å². The van der Waals surface area contributed by atoms with E-state index in [0.29, 0.717) is 28.7 Å². The maximum atomic E-state index is 10.7. The number of methoxy groups -OCH3 is 1. The quantitative estimate of drug-likeness (QED) is 0.564. The Morgan fingerprint density at radius 1 is 1.39 bits per heavy atom. The molecule has 0 saturated carbocycles. The molecule has 18 heavy (non-hydrogen) atoms. The molecule has 0 N–H and O–H groups in total. The fraction of sp³-hybridized carbons (Fsp3) is 0.462. The number of halogens is 1. The van der Waals surface area contributed by atoms with Crippen molar-refractivity contribution in [1.29, 1.82) is 0 Å². The number of aldehydes is 1. The van der Waals surface area contributed by atoms with Crippen LogP contribution in [0, 0.1) is 0 Å². The molecule has 0 fully saturated rings. The zero-order chi connectivity index (χ0) is 13.5. The number of nitrogens with zero attached hydrogens (tertiary/aromatic N) is 1. The minimum absolute atomic E-state index is 0.390. The van der Waals surface area contributed by atoms with E-state index in [4.69, 9.17) is 21.1 Å². The maximum absolute atomic E-state index is 10.7. The van der Waals surface area contributed by atoms with Gasteiger partial charge in [-0.2, -0.15) is 0 Å². The Morgan fingerprint density at radius 3 is 2.67 bits per heavy atom. The van der Waals surface area contributed by atoms with Crippen molar-refractivity contribution in [3.8, 4) is 11.5 Å². The van der Waals surface area contributed by atoms with Crippen LogP contribution in [0.25, 0.3) is 0 Å². The van der Waals surface area contributed by atoms with Crippen LogP contribution in [0.15, 0.2) is 12.1 Å². The van der Waals surface area contributed by atoms with Crippen molar-refractivity contribution in [2.24, 2.45) is 0 Å². The molecule has 0 saturated heterocycles. The first-order chi connectivity index (χ1) is 8.58. The van der Waals surface area contributed by atoms with Crippen molar-refractivity contribution in [1.82, 2.24) is 4.90 Å². The summed E-state index contributed by atoms with van der Waals surface area (Å²) in [4.78, 5) is 12.8. The molecule has 5 heteroatoms. The van der Waals surface area contributed by atoms with E-state index in [-0.39, 0.29) is 0 Å². The first-order valence-corrected chi connectivity index (χ1v) is 6.06. The highest BCUT2D eigenvalue weighted by molar-refractivity contribution is 6.32. The van der Waals surface area contributed by atoms with E-state index in [1.807, 2.05) is 14.1 Å². The molecule has 1 rings (SSSR count). The number of hydrogen-bond donors (Lipinski definition) is 0. The summed E-state index contributed by atoms with van der Waals surface area (Å²) in [5.41, 5.74) is 0.470. The van der Waals surface area contributed by atoms with Gasteiger partial charge in [-0.15, -0.1) is 0 Å². The smallest absolute Gasteiger partial charge is 0.179 e. The second-order valence-corrected chi connectivity index (χ2v) is 4.56. The number of carbonyl (C=O) groups is 1. The van der Waals surface area contributed by atoms with Crippen LogP contribution in [0.3, 0.4) is 0 Å². The zero-order valence-corrected chi connectivity index (χ0v) is 11.7. The fourth-order valence-electron chi connectivity index (χ4n) is 1.50. The summed E-state index contributed by atoms with van der Waals surface area (Å²) in [7, 11) is 5.53. The van der Waals surface area contributed by atoms with Crippen molar-refractivity contribution in [2.75, 3.05) is 34.4 Å². The number of carbonyl (C=O) groups excluding carboxylic acids is 1. The van der Waals surface area contributed by atoms with Gasteiger partial charge in [-0.25, -0.2) is 0 Å². The lowest BCUT2D eigenvalue weighted by Crippen LogP contribution is -2.15. The Kier molecular flexibility index (Phi) is 5.95. The minimum Gasteiger partial charge on any atom is -0.493 e. The normalized spacial score (nSPS) is 10.5. The average molecular weight is 272 g/mol. The lowest BCUT2D eigenvalue weighted by Gasteiger charge is -2.14. The van der Waals surface area contributed by atoms with E-state index in [9.17, 15) is 4.79 Å². The topological polar surface area (TPSA) is 38.8 Å². The van der Waals surface area contributed by atoms with E-state index < -0.39 is 0 Å². The number of rotatable bonds is 7. The van der Waals surface area contributed by atoms with Crippen LogP contribution >= 0.6 is 11.6 Å². The molecule has 4 nitrogen and oxygen atoms in total. The molecule has 0 radical (unpaired) electrons.